The molecule has 3 nitrogen and oxygen atoms in total. The highest BCUT2D eigenvalue weighted by Gasteiger charge is 2.24. The second kappa shape index (κ2) is 6.45. The SMILES string of the molecule is CCNC(CCc1ccnn1C)C1CCCS1. The van der Waals surface area contributed by atoms with E-state index in [4.69, 9.17) is 0 Å². The van der Waals surface area contributed by atoms with Crippen molar-refractivity contribution >= 4 is 11.8 Å². The second-order valence-corrected chi connectivity index (χ2v) is 6.05. The minimum atomic E-state index is 0.669. The monoisotopic (exact) mass is 253 g/mol. The van der Waals surface area contributed by atoms with Crippen LogP contribution in [0.25, 0.3) is 0 Å². The number of rotatable bonds is 6. The molecule has 0 saturated carbocycles. The lowest BCUT2D eigenvalue weighted by atomic mass is 10.0. The van der Waals surface area contributed by atoms with E-state index in [2.05, 4.69) is 35.2 Å². The maximum atomic E-state index is 4.23. The van der Waals surface area contributed by atoms with Crippen molar-refractivity contribution in [3.05, 3.63) is 18.0 Å². The van der Waals surface area contributed by atoms with Crippen LogP contribution in [0.1, 0.15) is 31.9 Å². The lowest BCUT2D eigenvalue weighted by molar-refractivity contribution is 0.463. The van der Waals surface area contributed by atoms with Crippen molar-refractivity contribution in [1.82, 2.24) is 15.1 Å². The summed E-state index contributed by atoms with van der Waals surface area (Å²) < 4.78 is 1.99. The first-order valence-corrected chi connectivity index (χ1v) is 7.68. The molecule has 96 valence electrons. The van der Waals surface area contributed by atoms with Crippen molar-refractivity contribution in [2.24, 2.45) is 7.05 Å². The fraction of sp³-hybridized carbons (Fsp3) is 0.769. The summed E-state index contributed by atoms with van der Waals surface area (Å²) in [6, 6.07) is 2.80. The zero-order valence-corrected chi connectivity index (χ0v) is 11.7. The van der Waals surface area contributed by atoms with E-state index in [1.165, 1.54) is 30.7 Å². The van der Waals surface area contributed by atoms with Crippen LogP contribution in [0.4, 0.5) is 0 Å². The first-order valence-electron chi connectivity index (χ1n) is 6.63. The van der Waals surface area contributed by atoms with Gasteiger partial charge in [0.25, 0.3) is 0 Å². The molecule has 0 radical (unpaired) electrons. The highest BCUT2D eigenvalue weighted by atomic mass is 32.2. The van der Waals surface area contributed by atoms with Gasteiger partial charge in [0.15, 0.2) is 0 Å². The first-order chi connectivity index (χ1) is 8.31. The van der Waals surface area contributed by atoms with Crippen molar-refractivity contribution < 1.29 is 0 Å². The fourth-order valence-corrected chi connectivity index (χ4v) is 3.99. The Hall–Kier alpha value is -0.480. The molecular weight excluding hydrogens is 230 g/mol. The molecule has 2 heterocycles. The summed E-state index contributed by atoms with van der Waals surface area (Å²) in [4.78, 5) is 0. The third-order valence-corrected chi connectivity index (χ3v) is 5.03. The van der Waals surface area contributed by atoms with Crippen molar-refractivity contribution in [2.45, 2.75) is 43.9 Å². The Morgan fingerprint density at radius 2 is 2.53 bits per heavy atom. The third kappa shape index (κ3) is 3.49. The van der Waals surface area contributed by atoms with Crippen LogP contribution in [0.5, 0.6) is 0 Å². The number of hydrogen-bond acceptors (Lipinski definition) is 3. The van der Waals surface area contributed by atoms with Gasteiger partial charge in [0.2, 0.25) is 0 Å². The molecule has 1 aliphatic rings. The minimum absolute atomic E-state index is 0.669. The smallest absolute Gasteiger partial charge is 0.0492 e. The van der Waals surface area contributed by atoms with Crippen LogP contribution in [0.3, 0.4) is 0 Å². The van der Waals surface area contributed by atoms with E-state index in [9.17, 15) is 0 Å². The Morgan fingerprint density at radius 3 is 3.12 bits per heavy atom. The zero-order chi connectivity index (χ0) is 12.1. The van der Waals surface area contributed by atoms with Crippen LogP contribution < -0.4 is 5.32 Å². The van der Waals surface area contributed by atoms with Gasteiger partial charge < -0.3 is 5.32 Å². The average Bonchev–Trinajstić information content (AvgIpc) is 2.96. The average molecular weight is 253 g/mol. The van der Waals surface area contributed by atoms with Crippen LogP contribution in [-0.2, 0) is 13.5 Å². The quantitative estimate of drug-likeness (QED) is 0.843. The summed E-state index contributed by atoms with van der Waals surface area (Å²) in [5.74, 6) is 1.35. The Balaban J connectivity index is 1.86. The molecule has 0 aromatic carbocycles. The van der Waals surface area contributed by atoms with Gasteiger partial charge in [0.1, 0.15) is 0 Å². The molecule has 0 aliphatic carbocycles. The number of nitrogens with one attached hydrogen (secondary N) is 1. The highest BCUT2D eigenvalue weighted by Crippen LogP contribution is 2.30. The molecule has 0 amide bonds. The number of aryl methyl sites for hydroxylation is 2. The Bertz CT molecular complexity index is 331. The maximum absolute atomic E-state index is 4.23. The van der Waals surface area contributed by atoms with Crippen molar-refractivity contribution in [3.63, 3.8) is 0 Å². The molecule has 0 spiro atoms. The summed E-state index contributed by atoms with van der Waals surface area (Å²) in [6.07, 6.45) is 7.02. The Labute approximate surface area is 108 Å². The largest absolute Gasteiger partial charge is 0.313 e. The number of thioether (sulfide) groups is 1. The molecule has 1 N–H and O–H groups in total. The lowest BCUT2D eigenvalue weighted by Crippen LogP contribution is -2.37. The summed E-state index contributed by atoms with van der Waals surface area (Å²) in [6.45, 7) is 3.28. The van der Waals surface area contributed by atoms with Gasteiger partial charge in [-0.3, -0.25) is 4.68 Å². The van der Waals surface area contributed by atoms with Crippen molar-refractivity contribution in [2.75, 3.05) is 12.3 Å². The van der Waals surface area contributed by atoms with Gasteiger partial charge in [-0.1, -0.05) is 6.92 Å². The van der Waals surface area contributed by atoms with Crippen LogP contribution in [0, 0.1) is 0 Å². The summed E-state index contributed by atoms with van der Waals surface area (Å²) >= 11 is 2.15. The van der Waals surface area contributed by atoms with Gasteiger partial charge in [-0.05, 0) is 44.0 Å². The normalized spacial score (nSPS) is 21.9. The molecule has 4 heteroatoms. The minimum Gasteiger partial charge on any atom is -0.313 e. The van der Waals surface area contributed by atoms with E-state index in [1.54, 1.807) is 0 Å². The highest BCUT2D eigenvalue weighted by molar-refractivity contribution is 8.00. The lowest BCUT2D eigenvalue weighted by Gasteiger charge is -2.23. The molecule has 17 heavy (non-hydrogen) atoms. The summed E-state index contributed by atoms with van der Waals surface area (Å²) in [7, 11) is 2.03. The molecule has 0 bridgehead atoms. The fourth-order valence-electron chi connectivity index (χ4n) is 2.55. The topological polar surface area (TPSA) is 29.9 Å². The maximum Gasteiger partial charge on any atom is 0.0492 e. The molecule has 1 aliphatic heterocycles. The first kappa shape index (κ1) is 13.0. The molecule has 2 atom stereocenters. The van der Waals surface area contributed by atoms with E-state index in [0.29, 0.717) is 6.04 Å². The van der Waals surface area contributed by atoms with Gasteiger partial charge in [-0.15, -0.1) is 0 Å². The van der Waals surface area contributed by atoms with Gasteiger partial charge in [0, 0.05) is 30.2 Å². The van der Waals surface area contributed by atoms with Crippen LogP contribution in [0.2, 0.25) is 0 Å². The molecule has 2 unspecified atom stereocenters. The van der Waals surface area contributed by atoms with Crippen molar-refractivity contribution in [1.29, 1.82) is 0 Å². The Morgan fingerprint density at radius 1 is 1.65 bits per heavy atom. The van der Waals surface area contributed by atoms with E-state index >= 15 is 0 Å². The van der Waals surface area contributed by atoms with Crippen molar-refractivity contribution in [3.8, 4) is 0 Å². The van der Waals surface area contributed by atoms with Gasteiger partial charge in [0.05, 0.1) is 0 Å². The van der Waals surface area contributed by atoms with E-state index in [-0.39, 0.29) is 0 Å². The molecule has 1 fully saturated rings. The number of nitrogens with zero attached hydrogens (tertiary/aromatic N) is 2. The van der Waals surface area contributed by atoms with Crippen LogP contribution in [0.15, 0.2) is 12.3 Å². The zero-order valence-electron chi connectivity index (χ0n) is 10.9. The van der Waals surface area contributed by atoms with Crippen LogP contribution in [-0.4, -0.2) is 33.4 Å². The van der Waals surface area contributed by atoms with Gasteiger partial charge >= 0.3 is 0 Å². The number of hydrogen-bond donors (Lipinski definition) is 1. The van der Waals surface area contributed by atoms with E-state index < -0.39 is 0 Å². The molecule has 1 aromatic rings. The van der Waals surface area contributed by atoms with E-state index in [1.807, 2.05) is 17.9 Å². The summed E-state index contributed by atoms with van der Waals surface area (Å²) in [5.41, 5.74) is 1.34. The predicted molar refractivity (Wildman–Crippen MR) is 74.5 cm³/mol. The third-order valence-electron chi connectivity index (χ3n) is 3.51. The molecule has 1 saturated heterocycles. The molecular formula is C13H23N3S. The van der Waals surface area contributed by atoms with Gasteiger partial charge in [-0.25, -0.2) is 0 Å². The number of aromatic nitrogens is 2. The molecule has 1 aromatic heterocycles. The predicted octanol–water partition coefficient (Wildman–Crippen LogP) is 2.23. The van der Waals surface area contributed by atoms with Gasteiger partial charge in [-0.2, -0.15) is 16.9 Å². The standard InChI is InChI=1S/C13H23N3S/c1-3-14-12(13-5-4-10-17-13)7-6-11-8-9-15-16(11)2/h8-9,12-14H,3-7,10H2,1-2H3. The summed E-state index contributed by atoms with van der Waals surface area (Å²) in [5, 5.41) is 8.71. The molecule has 2 rings (SSSR count). The van der Waals surface area contributed by atoms with E-state index in [0.717, 1.165) is 18.2 Å². The Kier molecular flexibility index (Phi) is 4.92. The second-order valence-electron chi connectivity index (χ2n) is 4.70. The van der Waals surface area contributed by atoms with Crippen LogP contribution >= 0.6 is 11.8 Å².